The molecular formula is C31H55N. The summed E-state index contributed by atoms with van der Waals surface area (Å²) in [5.74, 6) is 5.08. The highest BCUT2D eigenvalue weighted by Crippen LogP contribution is 2.49. The first-order valence-corrected chi connectivity index (χ1v) is 15.1. The van der Waals surface area contributed by atoms with Gasteiger partial charge in [0.15, 0.2) is 0 Å². The summed E-state index contributed by atoms with van der Waals surface area (Å²) in [7, 11) is 0. The number of nitrogens with zero attached hydrogens (tertiary/aromatic N) is 1. The van der Waals surface area contributed by atoms with E-state index in [9.17, 15) is 5.26 Å². The Morgan fingerprint density at radius 3 is 1.56 bits per heavy atom. The molecule has 3 aliphatic carbocycles. The topological polar surface area (TPSA) is 23.8 Å². The SMILES string of the molecule is CCCCCCCCCC1(C#N)CCC(C2CCC(C3CCC(CCC)CC3)CC2)CC1. The molecule has 3 aliphatic rings. The minimum absolute atomic E-state index is 0.0360. The third-order valence-corrected chi connectivity index (χ3v) is 10.2. The molecule has 0 amide bonds. The van der Waals surface area contributed by atoms with Crippen molar-refractivity contribution in [3.8, 4) is 6.07 Å². The molecule has 0 radical (unpaired) electrons. The van der Waals surface area contributed by atoms with Crippen LogP contribution in [0.1, 0.15) is 155 Å². The molecule has 3 saturated carbocycles. The number of rotatable bonds is 12. The Hall–Kier alpha value is -0.510. The maximum Gasteiger partial charge on any atom is 0.0689 e. The van der Waals surface area contributed by atoms with Gasteiger partial charge in [-0.25, -0.2) is 0 Å². The molecule has 1 nitrogen and oxygen atoms in total. The highest BCUT2D eigenvalue weighted by Gasteiger charge is 2.39. The Balaban J connectivity index is 1.32. The van der Waals surface area contributed by atoms with Crippen LogP contribution in [-0.4, -0.2) is 0 Å². The molecule has 3 fully saturated rings. The summed E-state index contributed by atoms with van der Waals surface area (Å²) in [4.78, 5) is 0. The van der Waals surface area contributed by atoms with Gasteiger partial charge in [-0.2, -0.15) is 5.26 Å². The van der Waals surface area contributed by atoms with E-state index in [2.05, 4.69) is 19.9 Å². The largest absolute Gasteiger partial charge is 0.198 e. The van der Waals surface area contributed by atoms with Crippen molar-refractivity contribution in [1.82, 2.24) is 0 Å². The van der Waals surface area contributed by atoms with Gasteiger partial charge < -0.3 is 0 Å². The maximum absolute atomic E-state index is 9.99. The third-order valence-electron chi connectivity index (χ3n) is 10.2. The molecule has 0 unspecified atom stereocenters. The molecule has 0 aromatic heterocycles. The van der Waals surface area contributed by atoms with Gasteiger partial charge in [0.05, 0.1) is 11.5 Å². The predicted molar refractivity (Wildman–Crippen MR) is 138 cm³/mol. The summed E-state index contributed by atoms with van der Waals surface area (Å²) in [6, 6.07) is 2.81. The molecule has 0 bridgehead atoms. The lowest BCUT2D eigenvalue weighted by Crippen LogP contribution is -2.32. The minimum Gasteiger partial charge on any atom is -0.198 e. The summed E-state index contributed by atoms with van der Waals surface area (Å²) in [5.41, 5.74) is 0.0360. The van der Waals surface area contributed by atoms with Crippen LogP contribution in [0.2, 0.25) is 0 Å². The standard InChI is InChI=1S/C31H55N/c1-3-5-6-7-8-9-10-22-31(25-32)23-20-30(21-24-31)29-18-16-28(17-19-29)27-14-12-26(11-4-2)13-15-27/h26-30H,3-24H2,1-2H3. The van der Waals surface area contributed by atoms with Gasteiger partial charge in [0.25, 0.3) is 0 Å². The molecule has 0 aromatic carbocycles. The van der Waals surface area contributed by atoms with Crippen LogP contribution in [0.5, 0.6) is 0 Å². The maximum atomic E-state index is 9.99. The van der Waals surface area contributed by atoms with E-state index >= 15 is 0 Å². The quantitative estimate of drug-likeness (QED) is 0.276. The van der Waals surface area contributed by atoms with Crippen LogP contribution in [0.25, 0.3) is 0 Å². The molecule has 1 heteroatoms. The molecule has 32 heavy (non-hydrogen) atoms. The van der Waals surface area contributed by atoms with E-state index in [1.165, 1.54) is 141 Å². The Morgan fingerprint density at radius 2 is 1.06 bits per heavy atom. The molecule has 0 atom stereocenters. The van der Waals surface area contributed by atoms with Gasteiger partial charge in [0.2, 0.25) is 0 Å². The Bertz CT molecular complexity index is 521. The molecule has 0 heterocycles. The van der Waals surface area contributed by atoms with Crippen LogP contribution in [-0.2, 0) is 0 Å². The van der Waals surface area contributed by atoms with E-state index in [1.54, 1.807) is 0 Å². The Kier molecular flexibility index (Phi) is 11.4. The van der Waals surface area contributed by atoms with Crippen LogP contribution >= 0.6 is 0 Å². The van der Waals surface area contributed by atoms with Gasteiger partial charge in [-0.3, -0.25) is 0 Å². The zero-order chi connectivity index (χ0) is 22.7. The van der Waals surface area contributed by atoms with E-state index in [1.807, 2.05) is 0 Å². The first kappa shape index (κ1) is 26.1. The second kappa shape index (κ2) is 14.0. The average molecular weight is 442 g/mol. The molecule has 184 valence electrons. The van der Waals surface area contributed by atoms with Gasteiger partial charge >= 0.3 is 0 Å². The fourth-order valence-corrected chi connectivity index (χ4v) is 7.95. The van der Waals surface area contributed by atoms with Crippen molar-refractivity contribution in [3.63, 3.8) is 0 Å². The van der Waals surface area contributed by atoms with Crippen molar-refractivity contribution in [2.75, 3.05) is 0 Å². The lowest BCUT2D eigenvalue weighted by Gasteiger charge is -2.43. The van der Waals surface area contributed by atoms with E-state index in [4.69, 9.17) is 0 Å². The molecule has 0 spiro atoms. The zero-order valence-corrected chi connectivity index (χ0v) is 21.9. The summed E-state index contributed by atoms with van der Waals surface area (Å²) >= 11 is 0. The molecular weight excluding hydrogens is 386 g/mol. The second-order valence-corrected chi connectivity index (χ2v) is 12.3. The molecule has 0 N–H and O–H groups in total. The van der Waals surface area contributed by atoms with E-state index in [0.717, 1.165) is 29.6 Å². The van der Waals surface area contributed by atoms with Crippen LogP contribution in [0, 0.1) is 46.3 Å². The van der Waals surface area contributed by atoms with Gasteiger partial charge in [0.1, 0.15) is 0 Å². The van der Waals surface area contributed by atoms with Crippen molar-refractivity contribution >= 4 is 0 Å². The summed E-state index contributed by atoms with van der Waals surface area (Å²) in [6.07, 6.45) is 30.8. The number of hydrogen-bond donors (Lipinski definition) is 0. The number of nitriles is 1. The van der Waals surface area contributed by atoms with E-state index in [-0.39, 0.29) is 5.41 Å². The van der Waals surface area contributed by atoms with Gasteiger partial charge in [-0.1, -0.05) is 84.5 Å². The number of unbranched alkanes of at least 4 members (excludes halogenated alkanes) is 6. The summed E-state index contributed by atoms with van der Waals surface area (Å²) < 4.78 is 0. The average Bonchev–Trinajstić information content (AvgIpc) is 2.85. The van der Waals surface area contributed by atoms with Crippen LogP contribution < -0.4 is 0 Å². The van der Waals surface area contributed by atoms with Crippen molar-refractivity contribution in [3.05, 3.63) is 0 Å². The molecule has 0 aromatic rings. The highest BCUT2D eigenvalue weighted by molar-refractivity contribution is 5.02. The van der Waals surface area contributed by atoms with Crippen molar-refractivity contribution in [2.24, 2.45) is 35.0 Å². The van der Waals surface area contributed by atoms with Gasteiger partial charge in [-0.05, 0) is 100 Å². The molecule has 0 aliphatic heterocycles. The fourth-order valence-electron chi connectivity index (χ4n) is 7.95. The van der Waals surface area contributed by atoms with Crippen LogP contribution in [0.3, 0.4) is 0 Å². The fraction of sp³-hybridized carbons (Fsp3) is 0.968. The van der Waals surface area contributed by atoms with Crippen molar-refractivity contribution < 1.29 is 0 Å². The Morgan fingerprint density at radius 1 is 0.594 bits per heavy atom. The lowest BCUT2D eigenvalue weighted by molar-refractivity contribution is 0.0898. The first-order chi connectivity index (χ1) is 15.7. The smallest absolute Gasteiger partial charge is 0.0689 e. The molecule has 0 saturated heterocycles. The summed E-state index contributed by atoms with van der Waals surface area (Å²) in [5, 5.41) is 9.99. The highest BCUT2D eigenvalue weighted by atomic mass is 14.5. The van der Waals surface area contributed by atoms with E-state index < -0.39 is 0 Å². The third kappa shape index (κ3) is 7.77. The molecule has 3 rings (SSSR count). The van der Waals surface area contributed by atoms with Crippen molar-refractivity contribution in [1.29, 1.82) is 5.26 Å². The second-order valence-electron chi connectivity index (χ2n) is 12.3. The first-order valence-electron chi connectivity index (χ1n) is 15.1. The van der Waals surface area contributed by atoms with Gasteiger partial charge in [0, 0.05) is 0 Å². The number of hydrogen-bond acceptors (Lipinski definition) is 1. The van der Waals surface area contributed by atoms with Crippen molar-refractivity contribution in [2.45, 2.75) is 155 Å². The van der Waals surface area contributed by atoms with Crippen LogP contribution in [0.15, 0.2) is 0 Å². The van der Waals surface area contributed by atoms with Gasteiger partial charge in [-0.15, -0.1) is 0 Å². The van der Waals surface area contributed by atoms with E-state index in [0.29, 0.717) is 0 Å². The van der Waals surface area contributed by atoms with Crippen LogP contribution in [0.4, 0.5) is 0 Å². The summed E-state index contributed by atoms with van der Waals surface area (Å²) in [6.45, 7) is 4.65. The predicted octanol–water partition coefficient (Wildman–Crippen LogP) is 10.2. The monoisotopic (exact) mass is 441 g/mol. The normalized spacial score (nSPS) is 36.0. The lowest BCUT2D eigenvalue weighted by atomic mass is 9.62. The minimum atomic E-state index is 0.0360. The zero-order valence-electron chi connectivity index (χ0n) is 21.9. The Labute approximate surface area is 201 Å².